The molecule has 1 N–H and O–H groups in total. The van der Waals surface area contributed by atoms with Crippen LogP contribution in [0.5, 0.6) is 0 Å². The van der Waals surface area contributed by atoms with Gasteiger partial charge < -0.3 is 9.84 Å². The highest BCUT2D eigenvalue weighted by Crippen LogP contribution is 2.26. The molecule has 1 aliphatic rings. The van der Waals surface area contributed by atoms with Crippen LogP contribution in [-0.2, 0) is 4.74 Å². The van der Waals surface area contributed by atoms with Gasteiger partial charge in [-0.3, -0.25) is 0 Å². The van der Waals surface area contributed by atoms with Gasteiger partial charge in [0.15, 0.2) is 0 Å². The number of rotatable bonds is 4. The summed E-state index contributed by atoms with van der Waals surface area (Å²) in [6, 6.07) is 0. The molecule has 0 bridgehead atoms. The summed E-state index contributed by atoms with van der Waals surface area (Å²) in [5, 5.41) is 9.41. The van der Waals surface area contributed by atoms with Gasteiger partial charge >= 0.3 is 0 Å². The second-order valence-corrected chi connectivity index (χ2v) is 3.93. The molecule has 0 aromatic rings. The first-order chi connectivity index (χ1) is 5.34. The minimum absolute atomic E-state index is 0.0829. The lowest BCUT2D eigenvalue weighted by Gasteiger charge is -2.12. The van der Waals surface area contributed by atoms with Crippen LogP contribution < -0.4 is 0 Å². The van der Waals surface area contributed by atoms with Gasteiger partial charge in [0.25, 0.3) is 0 Å². The van der Waals surface area contributed by atoms with E-state index in [2.05, 4.69) is 0 Å². The minimum Gasteiger partial charge on any atom is -0.392 e. The van der Waals surface area contributed by atoms with Crippen molar-refractivity contribution in [2.75, 3.05) is 24.7 Å². The summed E-state index contributed by atoms with van der Waals surface area (Å²) >= 11 is 1.84. The topological polar surface area (TPSA) is 29.5 Å². The summed E-state index contributed by atoms with van der Waals surface area (Å²) in [6.45, 7) is 3.59. The molecule has 0 amide bonds. The average molecular weight is 176 g/mol. The van der Waals surface area contributed by atoms with Crippen molar-refractivity contribution in [3.8, 4) is 0 Å². The third kappa shape index (κ3) is 3.01. The van der Waals surface area contributed by atoms with Crippen molar-refractivity contribution in [2.24, 2.45) is 5.92 Å². The number of ether oxygens (including phenoxy) is 1. The van der Waals surface area contributed by atoms with E-state index in [1.807, 2.05) is 18.7 Å². The van der Waals surface area contributed by atoms with Crippen molar-refractivity contribution in [3.63, 3.8) is 0 Å². The molecule has 1 saturated heterocycles. The smallest absolute Gasteiger partial charge is 0.0667 e. The Bertz CT molecular complexity index is 108. The van der Waals surface area contributed by atoms with Crippen molar-refractivity contribution < 1.29 is 9.84 Å². The van der Waals surface area contributed by atoms with E-state index in [0.29, 0.717) is 5.92 Å². The number of aliphatic hydroxyl groups excluding tert-OH is 1. The van der Waals surface area contributed by atoms with E-state index >= 15 is 0 Å². The van der Waals surface area contributed by atoms with Crippen LogP contribution >= 0.6 is 11.8 Å². The fraction of sp³-hybridized carbons (Fsp3) is 1.00. The van der Waals surface area contributed by atoms with E-state index in [4.69, 9.17) is 4.74 Å². The summed E-state index contributed by atoms with van der Waals surface area (Å²) in [5.74, 6) is 2.50. The first-order valence-electron chi connectivity index (χ1n) is 4.18. The zero-order chi connectivity index (χ0) is 8.10. The molecule has 2 atom stereocenters. The second-order valence-electron chi connectivity index (χ2n) is 2.85. The Morgan fingerprint density at radius 2 is 2.36 bits per heavy atom. The molecule has 1 fully saturated rings. The molecule has 2 unspecified atom stereocenters. The maximum absolute atomic E-state index is 9.41. The lowest BCUT2D eigenvalue weighted by atomic mass is 10.0. The summed E-state index contributed by atoms with van der Waals surface area (Å²) in [4.78, 5) is 0. The molecule has 0 aliphatic carbocycles. The molecule has 0 spiro atoms. The number of hydrogen-bond acceptors (Lipinski definition) is 3. The Kier molecular flexibility index (Phi) is 4.26. The van der Waals surface area contributed by atoms with E-state index in [0.717, 1.165) is 31.1 Å². The summed E-state index contributed by atoms with van der Waals surface area (Å²) < 4.78 is 5.22. The standard InChI is InChI=1S/C8H16O2S/c1-2-10-4-3-7-5-11-6-8(7)9/h7-9H,2-6H2,1H3. The molecular weight excluding hydrogens is 160 g/mol. The maximum atomic E-state index is 9.41. The Hall–Kier alpha value is 0.270. The summed E-state index contributed by atoms with van der Waals surface area (Å²) in [5.41, 5.74) is 0. The van der Waals surface area contributed by atoms with Crippen LogP contribution in [0.2, 0.25) is 0 Å². The van der Waals surface area contributed by atoms with Gasteiger partial charge in [0.1, 0.15) is 0 Å². The molecule has 1 aliphatic heterocycles. The molecule has 66 valence electrons. The molecule has 2 nitrogen and oxygen atoms in total. The van der Waals surface area contributed by atoms with Crippen LogP contribution in [0.15, 0.2) is 0 Å². The Morgan fingerprint density at radius 3 is 2.91 bits per heavy atom. The van der Waals surface area contributed by atoms with Gasteiger partial charge in [-0.2, -0.15) is 11.8 Å². The Labute approximate surface area is 72.3 Å². The van der Waals surface area contributed by atoms with Crippen LogP contribution in [0.4, 0.5) is 0 Å². The lowest BCUT2D eigenvalue weighted by molar-refractivity contribution is 0.0951. The normalized spacial score (nSPS) is 31.1. The van der Waals surface area contributed by atoms with Gasteiger partial charge in [0.2, 0.25) is 0 Å². The predicted molar refractivity (Wildman–Crippen MR) is 47.9 cm³/mol. The first-order valence-corrected chi connectivity index (χ1v) is 5.33. The van der Waals surface area contributed by atoms with Gasteiger partial charge in [0.05, 0.1) is 6.10 Å². The molecule has 0 radical (unpaired) electrons. The first kappa shape index (κ1) is 9.36. The van der Waals surface area contributed by atoms with Gasteiger partial charge in [-0.25, -0.2) is 0 Å². The maximum Gasteiger partial charge on any atom is 0.0667 e. The van der Waals surface area contributed by atoms with Crippen molar-refractivity contribution in [1.82, 2.24) is 0 Å². The molecule has 0 aromatic heterocycles. The summed E-state index contributed by atoms with van der Waals surface area (Å²) in [7, 11) is 0. The Balaban J connectivity index is 2.05. The van der Waals surface area contributed by atoms with E-state index in [1.54, 1.807) is 0 Å². The second kappa shape index (κ2) is 5.01. The molecular formula is C8H16O2S. The fourth-order valence-electron chi connectivity index (χ4n) is 1.24. The highest BCUT2D eigenvalue weighted by Gasteiger charge is 2.24. The lowest BCUT2D eigenvalue weighted by Crippen LogP contribution is -2.19. The molecule has 11 heavy (non-hydrogen) atoms. The van der Waals surface area contributed by atoms with Crippen molar-refractivity contribution in [1.29, 1.82) is 0 Å². The monoisotopic (exact) mass is 176 g/mol. The van der Waals surface area contributed by atoms with Crippen molar-refractivity contribution >= 4 is 11.8 Å². The summed E-state index contributed by atoms with van der Waals surface area (Å²) in [6.07, 6.45) is 0.933. The highest BCUT2D eigenvalue weighted by molar-refractivity contribution is 7.99. The zero-order valence-electron chi connectivity index (χ0n) is 6.95. The number of thioether (sulfide) groups is 1. The van der Waals surface area contributed by atoms with Crippen LogP contribution in [0.25, 0.3) is 0 Å². The minimum atomic E-state index is -0.0829. The largest absolute Gasteiger partial charge is 0.392 e. The quantitative estimate of drug-likeness (QED) is 0.651. The van der Waals surface area contributed by atoms with Gasteiger partial charge in [-0.15, -0.1) is 0 Å². The zero-order valence-corrected chi connectivity index (χ0v) is 7.77. The molecule has 1 heterocycles. The highest BCUT2D eigenvalue weighted by atomic mass is 32.2. The third-order valence-corrected chi connectivity index (χ3v) is 3.24. The predicted octanol–water partition coefficient (Wildman–Crippen LogP) is 1.14. The van der Waals surface area contributed by atoms with Crippen LogP contribution in [0.3, 0.4) is 0 Å². The van der Waals surface area contributed by atoms with Gasteiger partial charge in [0, 0.05) is 19.0 Å². The van der Waals surface area contributed by atoms with Crippen LogP contribution in [0, 0.1) is 5.92 Å². The van der Waals surface area contributed by atoms with Gasteiger partial charge in [-0.05, 0) is 25.0 Å². The fourth-order valence-corrected chi connectivity index (χ4v) is 2.58. The van der Waals surface area contributed by atoms with Crippen LogP contribution in [-0.4, -0.2) is 35.9 Å². The number of hydrogen-bond donors (Lipinski definition) is 1. The Morgan fingerprint density at radius 1 is 1.55 bits per heavy atom. The molecule has 1 rings (SSSR count). The molecule has 0 aromatic carbocycles. The van der Waals surface area contributed by atoms with Crippen molar-refractivity contribution in [3.05, 3.63) is 0 Å². The third-order valence-electron chi connectivity index (χ3n) is 2.00. The van der Waals surface area contributed by atoms with E-state index < -0.39 is 0 Å². The van der Waals surface area contributed by atoms with E-state index in [9.17, 15) is 5.11 Å². The van der Waals surface area contributed by atoms with Crippen LogP contribution in [0.1, 0.15) is 13.3 Å². The SMILES string of the molecule is CCOCCC1CSCC1O. The average Bonchev–Trinajstić information content (AvgIpc) is 2.37. The van der Waals surface area contributed by atoms with Crippen molar-refractivity contribution in [2.45, 2.75) is 19.4 Å². The molecule has 0 saturated carbocycles. The van der Waals surface area contributed by atoms with E-state index in [-0.39, 0.29) is 6.10 Å². The molecule has 3 heteroatoms. The van der Waals surface area contributed by atoms with E-state index in [1.165, 1.54) is 0 Å². The number of aliphatic hydroxyl groups is 1. The van der Waals surface area contributed by atoms with Gasteiger partial charge in [-0.1, -0.05) is 0 Å².